The van der Waals surface area contributed by atoms with Crippen LogP contribution in [0, 0.1) is 5.41 Å². The van der Waals surface area contributed by atoms with Crippen LogP contribution >= 0.6 is 0 Å². The molecule has 1 atom stereocenters. The van der Waals surface area contributed by atoms with Crippen LogP contribution in [0.4, 0.5) is 5.69 Å². The van der Waals surface area contributed by atoms with E-state index < -0.39 is 42.3 Å². The fraction of sp³-hybridized carbons (Fsp3) is 0.429. The minimum atomic E-state index is -1.34. The number of anilines is 1. The lowest BCUT2D eigenvalue weighted by atomic mass is 9.83. The van der Waals surface area contributed by atoms with Gasteiger partial charge in [0.25, 0.3) is 5.91 Å². The second-order valence-electron chi connectivity index (χ2n) is 11.4. The van der Waals surface area contributed by atoms with Crippen LogP contribution in [0.15, 0.2) is 24.3 Å². The normalized spacial score (nSPS) is 18.5. The van der Waals surface area contributed by atoms with Crippen molar-refractivity contribution in [3.63, 3.8) is 0 Å². The Morgan fingerprint density at radius 2 is 1.90 bits per heavy atom. The first kappa shape index (κ1) is 26.3. The first-order valence-electron chi connectivity index (χ1n) is 12.9. The van der Waals surface area contributed by atoms with Gasteiger partial charge in [-0.2, -0.15) is 0 Å². The molecule has 0 spiro atoms. The summed E-state index contributed by atoms with van der Waals surface area (Å²) < 4.78 is 5.90. The summed E-state index contributed by atoms with van der Waals surface area (Å²) in [4.78, 5) is 57.4. The number of carboxylic acid groups (broad SMARTS) is 1. The Morgan fingerprint density at radius 3 is 2.51 bits per heavy atom. The fourth-order valence-corrected chi connectivity index (χ4v) is 5.02. The summed E-state index contributed by atoms with van der Waals surface area (Å²) in [5.74, 6) is -2.14. The summed E-state index contributed by atoms with van der Waals surface area (Å²) in [5, 5.41) is 17.9. The smallest absolute Gasteiger partial charge is 0.307 e. The van der Waals surface area contributed by atoms with E-state index in [1.54, 1.807) is 11.0 Å². The number of ether oxygens (including phenoxy) is 1. The third kappa shape index (κ3) is 5.08. The summed E-state index contributed by atoms with van der Waals surface area (Å²) in [6.45, 7) is 5.52. The van der Waals surface area contributed by atoms with Crippen molar-refractivity contribution in [2.45, 2.75) is 64.0 Å². The van der Waals surface area contributed by atoms with Crippen LogP contribution in [0.2, 0.25) is 0 Å². The van der Waals surface area contributed by atoms with Gasteiger partial charge >= 0.3 is 5.97 Å². The standard InChI is InChI=1S/C28H31N5O6/c1-28(2,3)17-8-16(9-19-25(17)39-21(10-23(36)37)27(38)33(19)13-22(29)35)20(34)12-32-11-15-6-7-18(14-4-5-14)31-24(15)26(32)30/h6-9,14,21,30H,4-5,10-13H2,1-3H3,(H2,29,35)(H,36,37). The van der Waals surface area contributed by atoms with Crippen molar-refractivity contribution < 1.29 is 29.0 Å². The Morgan fingerprint density at radius 1 is 1.18 bits per heavy atom. The van der Waals surface area contributed by atoms with Gasteiger partial charge in [0.05, 0.1) is 18.7 Å². The van der Waals surface area contributed by atoms with Crippen molar-refractivity contribution in [2.75, 3.05) is 18.0 Å². The van der Waals surface area contributed by atoms with Crippen LogP contribution in [0.25, 0.3) is 0 Å². The highest BCUT2D eigenvalue weighted by Crippen LogP contribution is 2.44. The molecule has 2 aliphatic heterocycles. The van der Waals surface area contributed by atoms with Crippen LogP contribution in [0.3, 0.4) is 0 Å². The van der Waals surface area contributed by atoms with Gasteiger partial charge in [0.1, 0.15) is 23.8 Å². The SMILES string of the molecule is CC(C)(C)c1cc(C(=O)CN2Cc3ccc(C4CC4)nc3C2=N)cc2c1OC(CC(=O)O)C(=O)N2CC(N)=O. The van der Waals surface area contributed by atoms with E-state index in [9.17, 15) is 24.3 Å². The number of carboxylic acids is 1. The number of hydrogen-bond donors (Lipinski definition) is 3. The van der Waals surface area contributed by atoms with E-state index in [4.69, 9.17) is 15.9 Å². The van der Waals surface area contributed by atoms with Gasteiger partial charge in [0.2, 0.25) is 5.91 Å². The summed E-state index contributed by atoms with van der Waals surface area (Å²) >= 11 is 0. The van der Waals surface area contributed by atoms with Crippen molar-refractivity contribution in [2.24, 2.45) is 5.73 Å². The maximum absolute atomic E-state index is 13.6. The van der Waals surface area contributed by atoms with Crippen molar-refractivity contribution in [3.05, 3.63) is 52.3 Å². The molecule has 204 valence electrons. The number of pyridine rings is 1. The molecule has 39 heavy (non-hydrogen) atoms. The van der Waals surface area contributed by atoms with Gasteiger partial charge in [-0.15, -0.1) is 0 Å². The van der Waals surface area contributed by atoms with Crippen LogP contribution < -0.4 is 15.4 Å². The lowest BCUT2D eigenvalue weighted by Crippen LogP contribution is -2.50. The number of nitrogens with zero attached hydrogens (tertiary/aromatic N) is 3. The van der Waals surface area contributed by atoms with Crippen LogP contribution in [0.1, 0.15) is 78.8 Å². The molecule has 1 fully saturated rings. The molecule has 1 saturated carbocycles. The Kier molecular flexibility index (Phi) is 6.40. The molecule has 0 radical (unpaired) electrons. The third-order valence-electron chi connectivity index (χ3n) is 7.20. The molecule has 0 bridgehead atoms. The molecular formula is C28H31N5O6. The number of fused-ring (bicyclic) bond motifs is 2. The lowest BCUT2D eigenvalue weighted by molar-refractivity contribution is -0.142. The minimum Gasteiger partial charge on any atom is -0.481 e. The number of carbonyl (C=O) groups is 4. The van der Waals surface area contributed by atoms with Crippen molar-refractivity contribution in [1.29, 1.82) is 5.41 Å². The van der Waals surface area contributed by atoms with Crippen LogP contribution in [-0.2, 0) is 26.3 Å². The van der Waals surface area contributed by atoms with Gasteiger partial charge in [-0.3, -0.25) is 29.5 Å². The Bertz CT molecular complexity index is 1420. The van der Waals surface area contributed by atoms with E-state index in [0.717, 1.165) is 29.0 Å². The predicted molar refractivity (Wildman–Crippen MR) is 141 cm³/mol. The highest BCUT2D eigenvalue weighted by Gasteiger charge is 2.40. The Balaban J connectivity index is 1.48. The molecule has 3 heterocycles. The highest BCUT2D eigenvalue weighted by atomic mass is 16.5. The van der Waals surface area contributed by atoms with Crippen LogP contribution in [0.5, 0.6) is 5.75 Å². The van der Waals surface area contributed by atoms with Crippen molar-refractivity contribution >= 4 is 35.1 Å². The number of hydrogen-bond acceptors (Lipinski definition) is 7. The summed E-state index contributed by atoms with van der Waals surface area (Å²) in [5.41, 5.74) is 8.38. The zero-order chi connectivity index (χ0) is 28.2. The average molecular weight is 534 g/mol. The number of rotatable bonds is 8. The number of nitrogens with two attached hydrogens (primary N) is 1. The monoisotopic (exact) mass is 533 g/mol. The molecule has 0 saturated heterocycles. The summed E-state index contributed by atoms with van der Waals surface area (Å²) in [6.07, 6.45) is 0.275. The lowest BCUT2D eigenvalue weighted by Gasteiger charge is -2.37. The number of aromatic nitrogens is 1. The van der Waals surface area contributed by atoms with Crippen molar-refractivity contribution in [3.8, 4) is 5.75 Å². The zero-order valence-electron chi connectivity index (χ0n) is 22.1. The molecular weight excluding hydrogens is 502 g/mol. The van der Waals surface area contributed by atoms with E-state index in [-0.39, 0.29) is 35.2 Å². The summed E-state index contributed by atoms with van der Waals surface area (Å²) in [7, 11) is 0. The first-order chi connectivity index (χ1) is 18.3. The third-order valence-corrected chi connectivity index (χ3v) is 7.20. The Labute approximate surface area is 225 Å². The summed E-state index contributed by atoms with van der Waals surface area (Å²) in [6, 6.07) is 7.12. The molecule has 1 aromatic carbocycles. The number of aliphatic carboxylic acids is 1. The Hall–Kier alpha value is -4.28. The predicted octanol–water partition coefficient (Wildman–Crippen LogP) is 2.33. The molecule has 11 nitrogen and oxygen atoms in total. The molecule has 4 N–H and O–H groups in total. The number of ketones is 1. The van der Waals surface area contributed by atoms with Crippen LogP contribution in [-0.4, -0.2) is 63.6 Å². The number of amides is 2. The minimum absolute atomic E-state index is 0.0808. The van der Waals surface area contributed by atoms with E-state index in [1.807, 2.05) is 32.9 Å². The van der Waals surface area contributed by atoms with Gasteiger partial charge in [-0.05, 0) is 36.5 Å². The van der Waals surface area contributed by atoms with Crippen molar-refractivity contribution in [1.82, 2.24) is 9.88 Å². The number of carbonyl (C=O) groups excluding carboxylic acids is 3. The molecule has 2 amide bonds. The van der Waals surface area contributed by atoms with Gasteiger partial charge in [-0.1, -0.05) is 26.8 Å². The van der Waals surface area contributed by atoms with Gasteiger partial charge in [0.15, 0.2) is 11.9 Å². The molecule has 11 heteroatoms. The fourth-order valence-electron chi connectivity index (χ4n) is 5.02. The topological polar surface area (TPSA) is 167 Å². The number of benzene rings is 1. The van der Waals surface area contributed by atoms with Gasteiger partial charge in [-0.25, -0.2) is 4.98 Å². The van der Waals surface area contributed by atoms with E-state index in [2.05, 4.69) is 4.98 Å². The second kappa shape index (κ2) is 9.48. The molecule has 1 unspecified atom stereocenters. The average Bonchev–Trinajstić information content (AvgIpc) is 3.65. The maximum atomic E-state index is 13.6. The molecule has 1 aromatic heterocycles. The number of nitrogens with one attached hydrogen (secondary N) is 1. The largest absolute Gasteiger partial charge is 0.481 e. The van der Waals surface area contributed by atoms with Gasteiger partial charge in [0, 0.05) is 34.8 Å². The van der Waals surface area contributed by atoms with E-state index in [0.29, 0.717) is 23.7 Å². The first-order valence-corrected chi connectivity index (χ1v) is 12.9. The number of amidine groups is 1. The van der Waals surface area contributed by atoms with Gasteiger partial charge < -0.3 is 20.5 Å². The molecule has 5 rings (SSSR count). The maximum Gasteiger partial charge on any atom is 0.307 e. The van der Waals surface area contributed by atoms with E-state index >= 15 is 0 Å². The second-order valence-corrected chi connectivity index (χ2v) is 11.4. The highest BCUT2D eigenvalue weighted by molar-refractivity contribution is 6.08. The molecule has 2 aromatic rings. The zero-order valence-corrected chi connectivity index (χ0v) is 22.1. The molecule has 1 aliphatic carbocycles. The quantitative estimate of drug-likeness (QED) is 0.435. The number of Topliss-reactive ketones (excluding diaryl/α,β-unsaturated/α-hetero) is 1. The van der Waals surface area contributed by atoms with E-state index in [1.165, 1.54) is 6.07 Å². The number of primary amides is 1. The molecule has 3 aliphatic rings.